The quantitative estimate of drug-likeness (QED) is 0.469. The second-order valence-electron chi connectivity index (χ2n) is 6.17. The van der Waals surface area contributed by atoms with E-state index in [4.69, 9.17) is 16.0 Å². The fourth-order valence-electron chi connectivity index (χ4n) is 2.55. The molecule has 0 bridgehead atoms. The lowest BCUT2D eigenvalue weighted by Crippen LogP contribution is -2.23. The lowest BCUT2D eigenvalue weighted by Gasteiger charge is -2.12. The van der Waals surface area contributed by atoms with Gasteiger partial charge in [0.2, 0.25) is 10.0 Å². The molecule has 0 aliphatic carbocycles. The second kappa shape index (κ2) is 9.10. The number of esters is 1. The van der Waals surface area contributed by atoms with E-state index in [1.54, 1.807) is 12.1 Å². The number of benzene rings is 2. The van der Waals surface area contributed by atoms with Gasteiger partial charge >= 0.3 is 5.97 Å². The monoisotopic (exact) mass is 484 g/mol. The minimum Gasteiger partial charge on any atom is -0.468 e. The number of methoxy groups -OCH3 is 1. The summed E-state index contributed by atoms with van der Waals surface area (Å²) < 4.78 is 64.9. The van der Waals surface area contributed by atoms with E-state index < -0.39 is 26.0 Å². The van der Waals surface area contributed by atoms with Crippen molar-refractivity contribution in [1.82, 2.24) is 4.72 Å². The number of nitrogens with one attached hydrogen (secondary N) is 2. The third-order valence-electron chi connectivity index (χ3n) is 4.05. The van der Waals surface area contributed by atoms with Crippen LogP contribution < -0.4 is 9.44 Å². The molecule has 2 N–H and O–H groups in total. The Balaban J connectivity index is 1.85. The first kappa shape index (κ1) is 22.8. The summed E-state index contributed by atoms with van der Waals surface area (Å²) in [5, 5.41) is -0.121. The summed E-state index contributed by atoms with van der Waals surface area (Å²) in [4.78, 5) is 11.2. The van der Waals surface area contributed by atoms with Crippen molar-refractivity contribution in [3.63, 3.8) is 0 Å². The molecule has 0 amide bonds. The molecule has 3 rings (SSSR count). The Morgan fingerprint density at radius 1 is 1.03 bits per heavy atom. The minimum atomic E-state index is -4.24. The van der Waals surface area contributed by atoms with Gasteiger partial charge in [-0.1, -0.05) is 17.7 Å². The smallest absolute Gasteiger partial charge is 0.337 e. The SMILES string of the molecule is COC(=O)c1ccc(Cl)c(S(=O)(=O)Nc2cccc(S(=O)(=O)NCc3ccco3)c2)c1. The number of ether oxygens (including phenoxy) is 1. The van der Waals surface area contributed by atoms with Gasteiger partial charge in [-0.3, -0.25) is 4.72 Å². The van der Waals surface area contributed by atoms with E-state index in [2.05, 4.69) is 14.2 Å². The van der Waals surface area contributed by atoms with Crippen molar-refractivity contribution in [1.29, 1.82) is 0 Å². The van der Waals surface area contributed by atoms with E-state index >= 15 is 0 Å². The molecule has 0 aliphatic rings. The molecule has 0 atom stereocenters. The second-order valence-corrected chi connectivity index (χ2v) is 10.00. The van der Waals surface area contributed by atoms with Gasteiger partial charge < -0.3 is 9.15 Å². The van der Waals surface area contributed by atoms with E-state index in [9.17, 15) is 21.6 Å². The van der Waals surface area contributed by atoms with Crippen molar-refractivity contribution in [2.24, 2.45) is 0 Å². The molecule has 0 fully saturated rings. The number of halogens is 1. The topological polar surface area (TPSA) is 132 Å². The number of carbonyl (C=O) groups is 1. The van der Waals surface area contributed by atoms with Gasteiger partial charge in [0.25, 0.3) is 10.0 Å². The first-order valence-corrected chi connectivity index (χ1v) is 12.0. The molecule has 164 valence electrons. The Morgan fingerprint density at radius 2 is 1.81 bits per heavy atom. The Kier molecular flexibility index (Phi) is 6.70. The van der Waals surface area contributed by atoms with Crippen molar-refractivity contribution in [3.8, 4) is 0 Å². The fourth-order valence-corrected chi connectivity index (χ4v) is 5.17. The summed E-state index contributed by atoms with van der Waals surface area (Å²) >= 11 is 6.00. The molecule has 0 saturated heterocycles. The van der Waals surface area contributed by atoms with Gasteiger partial charge in [0.1, 0.15) is 10.7 Å². The lowest BCUT2D eigenvalue weighted by atomic mass is 10.2. The average Bonchev–Trinajstić information content (AvgIpc) is 3.25. The highest BCUT2D eigenvalue weighted by molar-refractivity contribution is 7.93. The summed E-state index contributed by atoms with van der Waals surface area (Å²) in [6.45, 7) is -0.0682. The van der Waals surface area contributed by atoms with Gasteiger partial charge in [0.15, 0.2) is 0 Å². The number of anilines is 1. The molecule has 12 heteroatoms. The van der Waals surface area contributed by atoms with Crippen LogP contribution in [0.3, 0.4) is 0 Å². The molecular weight excluding hydrogens is 468 g/mol. The summed E-state index contributed by atoms with van der Waals surface area (Å²) in [5.74, 6) is -0.315. The van der Waals surface area contributed by atoms with Gasteiger partial charge in [0, 0.05) is 0 Å². The van der Waals surface area contributed by atoms with Crippen molar-refractivity contribution < 1.29 is 30.8 Å². The molecule has 9 nitrogen and oxygen atoms in total. The van der Waals surface area contributed by atoms with Crippen LogP contribution in [0.15, 0.2) is 75.1 Å². The standard InChI is InChI=1S/C19H17ClN2O7S2/c1-28-19(23)13-7-8-17(20)18(10-13)31(26,27)22-14-4-2-6-16(11-14)30(24,25)21-12-15-5-3-9-29-15/h2-11,21-22H,12H2,1H3. The molecular formula is C19H17ClN2O7S2. The van der Waals surface area contributed by atoms with Gasteiger partial charge in [-0.05, 0) is 48.5 Å². The maximum atomic E-state index is 12.8. The molecule has 31 heavy (non-hydrogen) atoms. The van der Waals surface area contributed by atoms with Gasteiger partial charge in [-0.25, -0.2) is 26.4 Å². The van der Waals surface area contributed by atoms with E-state index in [0.717, 1.165) is 19.2 Å². The van der Waals surface area contributed by atoms with E-state index in [0.29, 0.717) is 5.76 Å². The third-order valence-corrected chi connectivity index (χ3v) is 7.32. The Morgan fingerprint density at radius 3 is 2.48 bits per heavy atom. The van der Waals surface area contributed by atoms with Crippen LogP contribution in [0.5, 0.6) is 0 Å². The first-order chi connectivity index (χ1) is 14.6. The molecule has 0 spiro atoms. The molecule has 1 aromatic heterocycles. The van der Waals surface area contributed by atoms with Crippen LogP contribution in [0.25, 0.3) is 0 Å². The highest BCUT2D eigenvalue weighted by Gasteiger charge is 2.22. The van der Waals surface area contributed by atoms with Crippen LogP contribution in [0.4, 0.5) is 5.69 Å². The molecule has 2 aromatic carbocycles. The molecule has 0 radical (unpaired) electrons. The Labute approximate surface area is 184 Å². The predicted molar refractivity (Wildman–Crippen MR) is 113 cm³/mol. The van der Waals surface area contributed by atoms with Crippen LogP contribution in [-0.4, -0.2) is 29.9 Å². The number of carbonyl (C=O) groups excluding carboxylic acids is 1. The molecule has 1 heterocycles. The zero-order valence-corrected chi connectivity index (χ0v) is 18.4. The normalized spacial score (nSPS) is 11.8. The summed E-state index contributed by atoms with van der Waals surface area (Å²) in [5.41, 5.74) is -0.0221. The highest BCUT2D eigenvalue weighted by atomic mass is 35.5. The van der Waals surface area contributed by atoms with Crippen molar-refractivity contribution in [3.05, 3.63) is 77.2 Å². The van der Waals surface area contributed by atoms with Crippen molar-refractivity contribution in [2.45, 2.75) is 16.3 Å². The lowest BCUT2D eigenvalue weighted by molar-refractivity contribution is 0.0600. The molecule has 3 aromatic rings. The Hall–Kier alpha value is -2.86. The van der Waals surface area contributed by atoms with Crippen LogP contribution in [0, 0.1) is 0 Å². The number of furan rings is 1. The predicted octanol–water partition coefficient (Wildman–Crippen LogP) is 3.00. The largest absolute Gasteiger partial charge is 0.468 e. The van der Waals surface area contributed by atoms with E-state index in [-0.39, 0.29) is 32.6 Å². The maximum absolute atomic E-state index is 12.8. The van der Waals surface area contributed by atoms with Crippen LogP contribution >= 0.6 is 11.6 Å². The van der Waals surface area contributed by atoms with Gasteiger partial charge in [-0.15, -0.1) is 0 Å². The summed E-state index contributed by atoms with van der Waals surface area (Å²) in [6.07, 6.45) is 1.42. The van der Waals surface area contributed by atoms with E-state index in [1.807, 2.05) is 0 Å². The average molecular weight is 485 g/mol. The summed E-state index contributed by atoms with van der Waals surface area (Å²) in [6, 6.07) is 12.1. The molecule has 0 aliphatic heterocycles. The van der Waals surface area contributed by atoms with Crippen LogP contribution in [0.2, 0.25) is 5.02 Å². The first-order valence-electron chi connectivity index (χ1n) is 8.65. The molecule has 0 unspecified atom stereocenters. The summed E-state index contributed by atoms with van der Waals surface area (Å²) in [7, 11) is -7.02. The maximum Gasteiger partial charge on any atom is 0.337 e. The minimum absolute atomic E-state index is 0.00858. The van der Waals surface area contributed by atoms with Gasteiger partial charge in [0.05, 0.1) is 41.1 Å². The number of hydrogen-bond donors (Lipinski definition) is 2. The highest BCUT2D eigenvalue weighted by Crippen LogP contribution is 2.26. The Bertz CT molecular complexity index is 1300. The van der Waals surface area contributed by atoms with Crippen LogP contribution in [-0.2, 0) is 31.3 Å². The van der Waals surface area contributed by atoms with Crippen molar-refractivity contribution >= 4 is 43.3 Å². The zero-order valence-electron chi connectivity index (χ0n) is 16.0. The number of hydrogen-bond acceptors (Lipinski definition) is 7. The number of sulfonamides is 2. The fraction of sp³-hybridized carbons (Fsp3) is 0.105. The van der Waals surface area contributed by atoms with Crippen LogP contribution in [0.1, 0.15) is 16.1 Å². The van der Waals surface area contributed by atoms with Crippen molar-refractivity contribution in [2.75, 3.05) is 11.8 Å². The molecule has 0 saturated carbocycles. The van der Waals surface area contributed by atoms with E-state index in [1.165, 1.54) is 36.6 Å². The number of rotatable bonds is 8. The third kappa shape index (κ3) is 5.44. The zero-order chi connectivity index (χ0) is 22.6. The van der Waals surface area contributed by atoms with Gasteiger partial charge in [-0.2, -0.15) is 0 Å².